The second kappa shape index (κ2) is 5.00. The Morgan fingerprint density at radius 1 is 1.11 bits per heavy atom. The quantitative estimate of drug-likeness (QED) is 0.755. The third-order valence-electron chi connectivity index (χ3n) is 2.81. The molecule has 0 amide bonds. The number of carbonyl (C=O) groups is 1. The zero-order valence-corrected chi connectivity index (χ0v) is 10.2. The molecule has 0 atom stereocenters. The average Bonchev–Trinajstić information content (AvgIpc) is 2.39. The van der Waals surface area contributed by atoms with Crippen LogP contribution >= 0.6 is 0 Å². The second-order valence-electron chi connectivity index (χ2n) is 4.00. The maximum Gasteiger partial charge on any atom is 0.337 e. The summed E-state index contributed by atoms with van der Waals surface area (Å²) in [6, 6.07) is 11.6. The molecule has 0 spiro atoms. The van der Waals surface area contributed by atoms with E-state index in [0.717, 1.165) is 11.1 Å². The normalized spacial score (nSPS) is 10.2. The van der Waals surface area contributed by atoms with E-state index < -0.39 is 5.97 Å². The summed E-state index contributed by atoms with van der Waals surface area (Å²) in [7, 11) is 1.34. The monoisotopic (exact) mass is 244 g/mol. The molecule has 0 aliphatic rings. The van der Waals surface area contributed by atoms with Gasteiger partial charge in [0.15, 0.2) is 0 Å². The van der Waals surface area contributed by atoms with Gasteiger partial charge in [-0.2, -0.15) is 0 Å². The van der Waals surface area contributed by atoms with Gasteiger partial charge >= 0.3 is 5.97 Å². The largest absolute Gasteiger partial charge is 0.465 e. The number of rotatable bonds is 2. The van der Waals surface area contributed by atoms with E-state index in [1.165, 1.54) is 13.2 Å². The van der Waals surface area contributed by atoms with Gasteiger partial charge in [0, 0.05) is 5.56 Å². The van der Waals surface area contributed by atoms with Crippen molar-refractivity contribution in [3.8, 4) is 11.1 Å². The summed E-state index contributed by atoms with van der Waals surface area (Å²) in [5.41, 5.74) is 2.62. The highest BCUT2D eigenvalue weighted by atomic mass is 19.1. The van der Waals surface area contributed by atoms with E-state index in [9.17, 15) is 9.18 Å². The van der Waals surface area contributed by atoms with Crippen LogP contribution in [0.3, 0.4) is 0 Å². The van der Waals surface area contributed by atoms with Gasteiger partial charge in [-0.05, 0) is 36.2 Å². The molecule has 0 fully saturated rings. The molecule has 0 aliphatic carbocycles. The van der Waals surface area contributed by atoms with Crippen molar-refractivity contribution in [3.05, 3.63) is 59.4 Å². The van der Waals surface area contributed by atoms with Crippen LogP contribution in [-0.4, -0.2) is 13.1 Å². The zero-order valence-electron chi connectivity index (χ0n) is 10.2. The Bertz CT molecular complexity index is 591. The summed E-state index contributed by atoms with van der Waals surface area (Å²) >= 11 is 0. The number of halogens is 1. The summed E-state index contributed by atoms with van der Waals surface area (Å²) in [6.07, 6.45) is 0. The van der Waals surface area contributed by atoms with Gasteiger partial charge in [-0.3, -0.25) is 0 Å². The molecule has 2 rings (SSSR count). The van der Waals surface area contributed by atoms with Gasteiger partial charge < -0.3 is 4.74 Å². The third-order valence-corrected chi connectivity index (χ3v) is 2.81. The molecule has 0 saturated carbocycles. The van der Waals surface area contributed by atoms with Crippen molar-refractivity contribution in [1.29, 1.82) is 0 Å². The molecule has 2 nitrogen and oxygen atoms in total. The molecule has 0 saturated heterocycles. The molecule has 0 N–H and O–H groups in total. The van der Waals surface area contributed by atoms with Crippen LogP contribution in [0.25, 0.3) is 11.1 Å². The highest BCUT2D eigenvalue weighted by Gasteiger charge is 2.10. The standard InChI is InChI=1S/C15H13FO2/c1-10-9-11(15(17)18-2)7-8-12(10)13-5-3-4-6-14(13)16/h3-9H,1-2H3. The Morgan fingerprint density at radius 3 is 2.44 bits per heavy atom. The first-order valence-corrected chi connectivity index (χ1v) is 5.57. The minimum absolute atomic E-state index is 0.272. The maximum atomic E-state index is 13.7. The van der Waals surface area contributed by atoms with Crippen LogP contribution in [0.2, 0.25) is 0 Å². The molecule has 0 unspecified atom stereocenters. The molecule has 18 heavy (non-hydrogen) atoms. The number of benzene rings is 2. The van der Waals surface area contributed by atoms with Gasteiger partial charge in [-0.1, -0.05) is 24.3 Å². The number of esters is 1. The SMILES string of the molecule is COC(=O)c1ccc(-c2ccccc2F)c(C)c1. The predicted molar refractivity (Wildman–Crippen MR) is 67.9 cm³/mol. The topological polar surface area (TPSA) is 26.3 Å². The molecule has 0 bridgehead atoms. The Hall–Kier alpha value is -2.16. The first-order chi connectivity index (χ1) is 8.63. The molecular weight excluding hydrogens is 231 g/mol. The Kier molecular flexibility index (Phi) is 3.42. The minimum atomic E-state index is -0.391. The molecule has 0 heterocycles. The molecule has 2 aromatic rings. The smallest absolute Gasteiger partial charge is 0.337 e. The van der Waals surface area contributed by atoms with E-state index in [2.05, 4.69) is 4.74 Å². The van der Waals surface area contributed by atoms with Crippen LogP contribution in [0, 0.1) is 12.7 Å². The Morgan fingerprint density at radius 2 is 1.83 bits per heavy atom. The van der Waals surface area contributed by atoms with Crippen molar-refractivity contribution < 1.29 is 13.9 Å². The number of hydrogen-bond donors (Lipinski definition) is 0. The van der Waals surface area contributed by atoms with E-state index in [1.807, 2.05) is 6.92 Å². The first kappa shape index (κ1) is 12.3. The van der Waals surface area contributed by atoms with Crippen LogP contribution in [-0.2, 0) is 4.74 Å². The Labute approximate surface area is 105 Å². The molecule has 3 heteroatoms. The van der Waals surface area contributed by atoms with Crippen LogP contribution in [0.4, 0.5) is 4.39 Å². The highest BCUT2D eigenvalue weighted by Crippen LogP contribution is 2.26. The lowest BCUT2D eigenvalue weighted by Crippen LogP contribution is -2.01. The lowest BCUT2D eigenvalue weighted by molar-refractivity contribution is 0.0600. The molecule has 92 valence electrons. The lowest BCUT2D eigenvalue weighted by atomic mass is 9.98. The van der Waals surface area contributed by atoms with Crippen LogP contribution in [0.1, 0.15) is 15.9 Å². The number of ether oxygens (including phenoxy) is 1. The van der Waals surface area contributed by atoms with Gasteiger partial charge in [-0.15, -0.1) is 0 Å². The van der Waals surface area contributed by atoms with E-state index in [1.54, 1.807) is 36.4 Å². The molecule has 2 aromatic carbocycles. The predicted octanol–water partition coefficient (Wildman–Crippen LogP) is 3.59. The van der Waals surface area contributed by atoms with Gasteiger partial charge in [0.2, 0.25) is 0 Å². The molecule has 0 aromatic heterocycles. The van der Waals surface area contributed by atoms with Crippen molar-refractivity contribution in [3.63, 3.8) is 0 Å². The van der Waals surface area contributed by atoms with Crippen molar-refractivity contribution in [2.24, 2.45) is 0 Å². The van der Waals surface area contributed by atoms with E-state index >= 15 is 0 Å². The van der Waals surface area contributed by atoms with Crippen LogP contribution in [0.15, 0.2) is 42.5 Å². The van der Waals surface area contributed by atoms with Crippen LogP contribution in [0.5, 0.6) is 0 Å². The summed E-state index contributed by atoms with van der Waals surface area (Å²) in [4.78, 5) is 11.4. The van der Waals surface area contributed by atoms with Crippen molar-refractivity contribution in [2.75, 3.05) is 7.11 Å². The van der Waals surface area contributed by atoms with Gasteiger partial charge in [0.25, 0.3) is 0 Å². The Balaban J connectivity index is 2.49. The van der Waals surface area contributed by atoms with Gasteiger partial charge in [0.1, 0.15) is 5.82 Å². The molecule has 0 aliphatic heterocycles. The summed E-state index contributed by atoms with van der Waals surface area (Å²) in [5, 5.41) is 0. The van der Waals surface area contributed by atoms with Gasteiger partial charge in [-0.25, -0.2) is 9.18 Å². The van der Waals surface area contributed by atoms with Crippen LogP contribution < -0.4 is 0 Å². The zero-order chi connectivity index (χ0) is 13.1. The number of hydrogen-bond acceptors (Lipinski definition) is 2. The molecule has 0 radical (unpaired) electrons. The van der Waals surface area contributed by atoms with Gasteiger partial charge in [0.05, 0.1) is 12.7 Å². The highest BCUT2D eigenvalue weighted by molar-refractivity contribution is 5.90. The van der Waals surface area contributed by atoms with Crippen molar-refractivity contribution in [2.45, 2.75) is 6.92 Å². The fourth-order valence-corrected chi connectivity index (χ4v) is 1.89. The minimum Gasteiger partial charge on any atom is -0.465 e. The summed E-state index contributed by atoms with van der Waals surface area (Å²) in [5.74, 6) is -0.662. The summed E-state index contributed by atoms with van der Waals surface area (Å²) < 4.78 is 18.3. The van der Waals surface area contributed by atoms with E-state index in [-0.39, 0.29) is 5.82 Å². The lowest BCUT2D eigenvalue weighted by Gasteiger charge is -2.08. The third kappa shape index (κ3) is 2.25. The summed E-state index contributed by atoms with van der Waals surface area (Å²) in [6.45, 7) is 1.84. The molecular formula is C15H13FO2. The average molecular weight is 244 g/mol. The second-order valence-corrected chi connectivity index (χ2v) is 4.00. The maximum absolute atomic E-state index is 13.7. The number of methoxy groups -OCH3 is 1. The van der Waals surface area contributed by atoms with E-state index in [4.69, 9.17) is 0 Å². The van der Waals surface area contributed by atoms with E-state index in [0.29, 0.717) is 11.1 Å². The first-order valence-electron chi connectivity index (χ1n) is 5.57. The number of carbonyl (C=O) groups excluding carboxylic acids is 1. The number of aryl methyl sites for hydroxylation is 1. The fraction of sp³-hybridized carbons (Fsp3) is 0.133. The van der Waals surface area contributed by atoms with Crippen molar-refractivity contribution in [1.82, 2.24) is 0 Å². The fourth-order valence-electron chi connectivity index (χ4n) is 1.89. The van der Waals surface area contributed by atoms with Crippen molar-refractivity contribution >= 4 is 5.97 Å².